The molecule has 21 heavy (non-hydrogen) atoms. The van der Waals surface area contributed by atoms with E-state index in [2.05, 4.69) is 28.8 Å². The molecule has 2 rings (SSSR count). The van der Waals surface area contributed by atoms with Crippen molar-refractivity contribution in [3.05, 3.63) is 24.3 Å². The van der Waals surface area contributed by atoms with Gasteiger partial charge in [0.05, 0.1) is 5.69 Å². The predicted molar refractivity (Wildman–Crippen MR) is 86.2 cm³/mol. The molecule has 5 nitrogen and oxygen atoms in total. The van der Waals surface area contributed by atoms with Crippen molar-refractivity contribution in [2.75, 3.05) is 24.5 Å². The molecule has 1 aromatic carbocycles. The van der Waals surface area contributed by atoms with E-state index in [1.165, 1.54) is 0 Å². The van der Waals surface area contributed by atoms with Crippen LogP contribution in [0.5, 0.6) is 0 Å². The third-order valence-electron chi connectivity index (χ3n) is 3.46. The van der Waals surface area contributed by atoms with E-state index in [0.717, 1.165) is 25.3 Å². The van der Waals surface area contributed by atoms with Crippen molar-refractivity contribution in [1.82, 2.24) is 10.0 Å². The smallest absolute Gasteiger partial charge is 0.242 e. The largest absolute Gasteiger partial charge is 0.367 e. The summed E-state index contributed by atoms with van der Waals surface area (Å²) in [4.78, 5) is 2.50. The van der Waals surface area contributed by atoms with E-state index in [0.29, 0.717) is 4.90 Å². The number of piperazine rings is 1. The van der Waals surface area contributed by atoms with Gasteiger partial charge in [-0.2, -0.15) is 0 Å². The van der Waals surface area contributed by atoms with Gasteiger partial charge in [-0.3, -0.25) is 0 Å². The first-order valence-electron chi connectivity index (χ1n) is 7.33. The zero-order valence-corrected chi connectivity index (χ0v) is 14.0. The number of hydrogen-bond donors (Lipinski definition) is 2. The molecule has 0 atom stereocenters. The summed E-state index contributed by atoms with van der Waals surface area (Å²) in [6.07, 6.45) is 0. The summed E-state index contributed by atoms with van der Waals surface area (Å²) in [5.74, 6) is 0. The van der Waals surface area contributed by atoms with E-state index in [9.17, 15) is 8.42 Å². The Kier molecular flexibility index (Phi) is 4.60. The number of nitrogens with one attached hydrogen (secondary N) is 2. The number of para-hydroxylation sites is 1. The number of hydrogen-bond acceptors (Lipinski definition) is 4. The Bertz CT molecular complexity index is 597. The third-order valence-corrected chi connectivity index (χ3v) is 5.16. The lowest BCUT2D eigenvalue weighted by molar-refractivity contribution is 0.352. The van der Waals surface area contributed by atoms with Gasteiger partial charge in [0.2, 0.25) is 10.0 Å². The van der Waals surface area contributed by atoms with Crippen molar-refractivity contribution in [3.8, 4) is 0 Å². The summed E-state index contributed by atoms with van der Waals surface area (Å²) in [6, 6.07) is 7.10. The van der Waals surface area contributed by atoms with Gasteiger partial charge in [0.25, 0.3) is 0 Å². The van der Waals surface area contributed by atoms with Gasteiger partial charge in [-0.05, 0) is 39.8 Å². The fourth-order valence-electron chi connectivity index (χ4n) is 2.67. The summed E-state index contributed by atoms with van der Waals surface area (Å²) in [7, 11) is -3.49. The lowest BCUT2D eigenvalue weighted by atomic mass is 10.0. The van der Waals surface area contributed by atoms with Crippen molar-refractivity contribution in [3.63, 3.8) is 0 Å². The molecule has 0 aromatic heterocycles. The molecule has 0 aliphatic carbocycles. The van der Waals surface area contributed by atoms with Crippen LogP contribution >= 0.6 is 0 Å². The highest BCUT2D eigenvalue weighted by molar-refractivity contribution is 7.89. The molecule has 0 spiro atoms. The summed E-state index contributed by atoms with van der Waals surface area (Å²) < 4.78 is 27.7. The number of benzene rings is 1. The van der Waals surface area contributed by atoms with Crippen LogP contribution in [-0.4, -0.2) is 39.6 Å². The second-order valence-corrected chi connectivity index (χ2v) is 8.16. The first kappa shape index (κ1) is 16.3. The maximum atomic E-state index is 12.5. The van der Waals surface area contributed by atoms with Gasteiger partial charge in [0, 0.05) is 31.2 Å². The molecule has 2 N–H and O–H groups in total. The minimum Gasteiger partial charge on any atom is -0.367 e. The minimum atomic E-state index is -3.49. The molecule has 1 heterocycles. The Labute approximate surface area is 127 Å². The van der Waals surface area contributed by atoms with E-state index < -0.39 is 10.0 Å². The quantitative estimate of drug-likeness (QED) is 0.886. The van der Waals surface area contributed by atoms with Gasteiger partial charge in [0.1, 0.15) is 4.90 Å². The van der Waals surface area contributed by atoms with Gasteiger partial charge in [0.15, 0.2) is 0 Å². The summed E-state index contributed by atoms with van der Waals surface area (Å²) in [5, 5.41) is 3.44. The maximum Gasteiger partial charge on any atom is 0.242 e. The van der Waals surface area contributed by atoms with Crippen LogP contribution in [0.15, 0.2) is 29.2 Å². The topological polar surface area (TPSA) is 61.4 Å². The van der Waals surface area contributed by atoms with Crippen LogP contribution in [0.3, 0.4) is 0 Å². The second-order valence-electron chi connectivity index (χ2n) is 6.48. The van der Waals surface area contributed by atoms with Crippen LogP contribution in [0.2, 0.25) is 0 Å². The highest BCUT2D eigenvalue weighted by Gasteiger charge is 2.29. The molecule has 1 aliphatic heterocycles. The minimum absolute atomic E-state index is 0.0272. The Morgan fingerprint density at radius 2 is 1.95 bits per heavy atom. The predicted octanol–water partition coefficient (Wildman–Crippen LogP) is 1.56. The normalized spacial score (nSPS) is 19.0. The Morgan fingerprint density at radius 3 is 2.57 bits per heavy atom. The van der Waals surface area contributed by atoms with Gasteiger partial charge in [-0.15, -0.1) is 0 Å². The van der Waals surface area contributed by atoms with Gasteiger partial charge >= 0.3 is 0 Å². The SMILES string of the molecule is CC(C)NS(=O)(=O)c1ccccc1N1CCNC(C)(C)C1. The van der Waals surface area contributed by atoms with E-state index >= 15 is 0 Å². The zero-order valence-electron chi connectivity index (χ0n) is 13.2. The molecule has 118 valence electrons. The van der Waals surface area contributed by atoms with Crippen molar-refractivity contribution in [2.24, 2.45) is 0 Å². The molecule has 1 aromatic rings. The van der Waals surface area contributed by atoms with Gasteiger partial charge in [-0.1, -0.05) is 12.1 Å². The molecule has 1 saturated heterocycles. The number of rotatable bonds is 4. The van der Waals surface area contributed by atoms with Crippen LogP contribution < -0.4 is 14.9 Å². The van der Waals surface area contributed by atoms with Crippen LogP contribution in [0.4, 0.5) is 5.69 Å². The zero-order chi connectivity index (χ0) is 15.7. The Balaban J connectivity index is 2.37. The van der Waals surface area contributed by atoms with Crippen LogP contribution in [-0.2, 0) is 10.0 Å². The fraction of sp³-hybridized carbons (Fsp3) is 0.600. The lowest BCUT2D eigenvalue weighted by Crippen LogP contribution is -2.57. The molecule has 0 amide bonds. The lowest BCUT2D eigenvalue weighted by Gasteiger charge is -2.41. The molecule has 0 radical (unpaired) electrons. The Hall–Kier alpha value is -1.11. The molecule has 6 heteroatoms. The van der Waals surface area contributed by atoms with Crippen molar-refractivity contribution in [1.29, 1.82) is 0 Å². The molecule has 0 bridgehead atoms. The molecule has 1 fully saturated rings. The molecular formula is C15H25N3O2S. The second kappa shape index (κ2) is 5.94. The van der Waals surface area contributed by atoms with Crippen molar-refractivity contribution < 1.29 is 8.42 Å². The average Bonchev–Trinajstić information content (AvgIpc) is 2.36. The molecule has 1 aliphatic rings. The van der Waals surface area contributed by atoms with Gasteiger partial charge in [-0.25, -0.2) is 13.1 Å². The molecular weight excluding hydrogens is 286 g/mol. The average molecular weight is 311 g/mol. The highest BCUT2D eigenvalue weighted by atomic mass is 32.2. The van der Waals surface area contributed by atoms with Crippen LogP contribution in [0.25, 0.3) is 0 Å². The number of sulfonamides is 1. The summed E-state index contributed by atoms with van der Waals surface area (Å²) in [5.41, 5.74) is 0.751. The number of nitrogens with zero attached hydrogens (tertiary/aromatic N) is 1. The highest BCUT2D eigenvalue weighted by Crippen LogP contribution is 2.27. The van der Waals surface area contributed by atoms with Gasteiger partial charge < -0.3 is 10.2 Å². The van der Waals surface area contributed by atoms with E-state index in [1.54, 1.807) is 12.1 Å². The first-order chi connectivity index (χ1) is 9.71. The molecule has 0 unspecified atom stereocenters. The standard InChI is InChI=1S/C15H25N3O2S/c1-12(2)17-21(19,20)14-8-6-5-7-13(14)18-10-9-16-15(3,4)11-18/h5-8,12,16-17H,9-11H2,1-4H3. The number of anilines is 1. The summed E-state index contributed by atoms with van der Waals surface area (Å²) in [6.45, 7) is 10.3. The summed E-state index contributed by atoms with van der Waals surface area (Å²) >= 11 is 0. The van der Waals surface area contributed by atoms with E-state index in [1.807, 2.05) is 26.0 Å². The monoisotopic (exact) mass is 311 g/mol. The van der Waals surface area contributed by atoms with Crippen LogP contribution in [0.1, 0.15) is 27.7 Å². The maximum absolute atomic E-state index is 12.5. The molecule has 0 saturated carbocycles. The van der Waals surface area contributed by atoms with Crippen molar-refractivity contribution >= 4 is 15.7 Å². The Morgan fingerprint density at radius 1 is 1.29 bits per heavy atom. The third kappa shape index (κ3) is 3.96. The fourth-order valence-corrected chi connectivity index (χ4v) is 4.14. The van der Waals surface area contributed by atoms with E-state index in [-0.39, 0.29) is 11.6 Å². The van der Waals surface area contributed by atoms with Crippen molar-refractivity contribution in [2.45, 2.75) is 44.2 Å². The van der Waals surface area contributed by atoms with E-state index in [4.69, 9.17) is 0 Å². The first-order valence-corrected chi connectivity index (χ1v) is 8.81. The van der Waals surface area contributed by atoms with Crippen LogP contribution in [0, 0.1) is 0 Å².